The van der Waals surface area contributed by atoms with E-state index < -0.39 is 17.2 Å². The number of benzene rings is 1. The van der Waals surface area contributed by atoms with Gasteiger partial charge in [-0.2, -0.15) is 5.10 Å². The number of nitrogen functional groups attached to an aromatic ring is 1. The monoisotopic (exact) mass is 528 g/mol. The third kappa shape index (κ3) is 4.04. The van der Waals surface area contributed by atoms with Crippen LogP contribution >= 0.6 is 11.8 Å². The van der Waals surface area contributed by atoms with Crippen molar-refractivity contribution in [3.8, 4) is 22.4 Å². The fourth-order valence-corrected chi connectivity index (χ4v) is 4.70. The summed E-state index contributed by atoms with van der Waals surface area (Å²) in [5, 5.41) is 6.12. The number of aromatic nitrogens is 7. The van der Waals surface area contributed by atoms with E-state index in [4.69, 9.17) is 10.8 Å². The highest BCUT2D eigenvalue weighted by atomic mass is 32.2. The molecule has 0 aliphatic carbocycles. The first-order chi connectivity index (χ1) is 18.4. The SMILES string of the molecule is CSc1ccc(-c2nn(Cc3nc4ccc(F)cn4c(=O)c3-c3cccc(F)c3)c3ncnc(N)c23)cn1. The van der Waals surface area contributed by atoms with Gasteiger partial charge in [0.1, 0.15) is 35.1 Å². The van der Waals surface area contributed by atoms with Crippen LogP contribution in [0.3, 0.4) is 0 Å². The first-order valence-corrected chi connectivity index (χ1v) is 12.6. The lowest BCUT2D eigenvalue weighted by Gasteiger charge is -2.12. The Balaban J connectivity index is 1.58. The van der Waals surface area contributed by atoms with Crippen LogP contribution in [0.5, 0.6) is 0 Å². The number of fused-ring (bicyclic) bond motifs is 2. The number of halogens is 2. The molecule has 0 saturated carbocycles. The molecule has 0 fully saturated rings. The van der Waals surface area contributed by atoms with Crippen LogP contribution < -0.4 is 11.3 Å². The Morgan fingerprint density at radius 3 is 2.63 bits per heavy atom. The maximum atomic E-state index is 14.2. The van der Waals surface area contributed by atoms with Gasteiger partial charge < -0.3 is 5.73 Å². The molecule has 0 amide bonds. The fraction of sp³-hybridized carbons (Fsp3) is 0.0769. The first-order valence-electron chi connectivity index (χ1n) is 11.4. The third-order valence-electron chi connectivity index (χ3n) is 6.05. The average Bonchev–Trinajstić information content (AvgIpc) is 3.29. The second-order valence-corrected chi connectivity index (χ2v) is 9.20. The van der Waals surface area contributed by atoms with Gasteiger partial charge in [-0.3, -0.25) is 9.20 Å². The molecule has 1 aromatic carbocycles. The second kappa shape index (κ2) is 9.30. The van der Waals surface area contributed by atoms with Crippen molar-refractivity contribution < 1.29 is 8.78 Å². The van der Waals surface area contributed by atoms with E-state index in [1.165, 1.54) is 48.4 Å². The zero-order valence-corrected chi connectivity index (χ0v) is 20.7. The van der Waals surface area contributed by atoms with Crippen LogP contribution in [0.1, 0.15) is 5.69 Å². The van der Waals surface area contributed by atoms with Crippen molar-refractivity contribution in [1.82, 2.24) is 34.1 Å². The number of pyridine rings is 2. The summed E-state index contributed by atoms with van der Waals surface area (Å²) in [6.07, 6.45) is 6.00. The number of thioether (sulfide) groups is 1. The maximum Gasteiger partial charge on any atom is 0.266 e. The van der Waals surface area contributed by atoms with Crippen LogP contribution in [0.4, 0.5) is 14.6 Å². The van der Waals surface area contributed by atoms with E-state index in [0.717, 1.165) is 15.6 Å². The van der Waals surface area contributed by atoms with E-state index in [0.29, 0.717) is 33.5 Å². The van der Waals surface area contributed by atoms with Crippen molar-refractivity contribution in [3.05, 3.63) is 94.9 Å². The van der Waals surface area contributed by atoms with Crippen molar-refractivity contribution in [1.29, 1.82) is 0 Å². The van der Waals surface area contributed by atoms with E-state index >= 15 is 0 Å². The molecule has 5 heterocycles. The summed E-state index contributed by atoms with van der Waals surface area (Å²) < 4.78 is 30.8. The minimum absolute atomic E-state index is 0.00175. The third-order valence-corrected chi connectivity index (χ3v) is 6.71. The Hall–Kier alpha value is -4.71. The molecule has 12 heteroatoms. The molecule has 6 aromatic rings. The standard InChI is InChI=1S/C26H18F2N8OS/c1-38-20-8-5-15(10-30-20)23-22-24(29)31-13-32-25(22)36(34-23)12-18-21(14-3-2-4-16(27)9-14)26(37)35-11-17(28)6-7-19(35)33-18/h2-11,13H,12H2,1H3,(H2,29,31,32). The molecule has 0 unspecified atom stereocenters. The highest BCUT2D eigenvalue weighted by molar-refractivity contribution is 7.98. The van der Waals surface area contributed by atoms with Crippen molar-refractivity contribution in [2.24, 2.45) is 0 Å². The van der Waals surface area contributed by atoms with E-state index in [2.05, 4.69) is 19.9 Å². The van der Waals surface area contributed by atoms with Crippen LogP contribution in [0, 0.1) is 11.6 Å². The van der Waals surface area contributed by atoms with E-state index in [1.54, 1.807) is 16.9 Å². The molecule has 38 heavy (non-hydrogen) atoms. The zero-order valence-electron chi connectivity index (χ0n) is 19.8. The molecule has 5 aromatic heterocycles. The summed E-state index contributed by atoms with van der Waals surface area (Å²) in [4.78, 5) is 31.1. The van der Waals surface area contributed by atoms with Gasteiger partial charge in [-0.25, -0.2) is 33.4 Å². The predicted octanol–water partition coefficient (Wildman–Crippen LogP) is 4.19. The fourth-order valence-electron chi connectivity index (χ4n) is 4.33. The van der Waals surface area contributed by atoms with Crippen LogP contribution in [0.2, 0.25) is 0 Å². The molecule has 0 radical (unpaired) electrons. The van der Waals surface area contributed by atoms with Gasteiger partial charge in [0, 0.05) is 18.0 Å². The zero-order chi connectivity index (χ0) is 26.4. The molecule has 0 saturated heterocycles. The summed E-state index contributed by atoms with van der Waals surface area (Å²) >= 11 is 1.51. The predicted molar refractivity (Wildman–Crippen MR) is 141 cm³/mol. The normalized spacial score (nSPS) is 11.4. The summed E-state index contributed by atoms with van der Waals surface area (Å²) in [6, 6.07) is 12.0. The van der Waals surface area contributed by atoms with Crippen LogP contribution in [-0.4, -0.2) is 40.4 Å². The van der Waals surface area contributed by atoms with Crippen LogP contribution in [0.25, 0.3) is 39.1 Å². The van der Waals surface area contributed by atoms with Gasteiger partial charge in [-0.05, 0) is 48.2 Å². The van der Waals surface area contributed by atoms with Gasteiger partial charge in [0.2, 0.25) is 0 Å². The Labute approximate surface area is 218 Å². The Bertz CT molecular complexity index is 1900. The van der Waals surface area contributed by atoms with Gasteiger partial charge in [0.05, 0.1) is 28.2 Å². The molecular weight excluding hydrogens is 510 g/mol. The first kappa shape index (κ1) is 23.7. The molecule has 0 spiro atoms. The van der Waals surface area contributed by atoms with Crippen LogP contribution in [-0.2, 0) is 6.54 Å². The molecule has 0 atom stereocenters. The van der Waals surface area contributed by atoms with E-state index in [1.807, 2.05) is 18.4 Å². The van der Waals surface area contributed by atoms with Gasteiger partial charge in [-0.15, -0.1) is 11.8 Å². The summed E-state index contributed by atoms with van der Waals surface area (Å²) in [7, 11) is 0. The number of anilines is 1. The largest absolute Gasteiger partial charge is 0.383 e. The minimum Gasteiger partial charge on any atom is -0.383 e. The number of hydrogen-bond acceptors (Lipinski definition) is 8. The summed E-state index contributed by atoms with van der Waals surface area (Å²) in [5.41, 5.74) is 8.29. The van der Waals surface area contributed by atoms with E-state index in [9.17, 15) is 13.6 Å². The average molecular weight is 529 g/mol. The molecule has 9 nitrogen and oxygen atoms in total. The smallest absolute Gasteiger partial charge is 0.266 e. The molecular formula is C26H18F2N8OS. The molecule has 188 valence electrons. The molecule has 0 aliphatic rings. The highest BCUT2D eigenvalue weighted by Gasteiger charge is 2.21. The van der Waals surface area contributed by atoms with E-state index in [-0.39, 0.29) is 23.6 Å². The summed E-state index contributed by atoms with van der Waals surface area (Å²) in [6.45, 7) is -0.00175. The van der Waals surface area contributed by atoms with Crippen molar-refractivity contribution in [2.45, 2.75) is 11.6 Å². The highest BCUT2D eigenvalue weighted by Crippen LogP contribution is 2.31. The molecule has 0 bridgehead atoms. The lowest BCUT2D eigenvalue weighted by molar-refractivity contribution is 0.616. The lowest BCUT2D eigenvalue weighted by Crippen LogP contribution is -2.22. The quantitative estimate of drug-likeness (QED) is 0.331. The number of rotatable bonds is 5. The second-order valence-electron chi connectivity index (χ2n) is 8.38. The minimum atomic E-state index is -0.602. The molecule has 6 rings (SSSR count). The van der Waals surface area contributed by atoms with Crippen LogP contribution in [0.15, 0.2) is 77.1 Å². The van der Waals surface area contributed by atoms with Gasteiger partial charge in [-0.1, -0.05) is 12.1 Å². The molecule has 0 aliphatic heterocycles. The maximum absolute atomic E-state index is 14.2. The van der Waals surface area contributed by atoms with Gasteiger partial charge in [0.25, 0.3) is 5.56 Å². The summed E-state index contributed by atoms with van der Waals surface area (Å²) in [5.74, 6) is -0.890. The lowest BCUT2D eigenvalue weighted by atomic mass is 10.0. The Morgan fingerprint density at radius 2 is 1.87 bits per heavy atom. The van der Waals surface area contributed by atoms with Crippen molar-refractivity contribution in [2.75, 3.05) is 12.0 Å². The van der Waals surface area contributed by atoms with Crippen molar-refractivity contribution >= 4 is 34.3 Å². The topological polar surface area (TPSA) is 117 Å². The number of hydrogen-bond donors (Lipinski definition) is 1. The van der Waals surface area contributed by atoms with Gasteiger partial charge in [0.15, 0.2) is 5.65 Å². The van der Waals surface area contributed by atoms with Crippen molar-refractivity contribution in [3.63, 3.8) is 0 Å². The molecule has 2 N–H and O–H groups in total. The Kier molecular flexibility index (Phi) is 5.80. The number of nitrogens with zero attached hydrogens (tertiary/aromatic N) is 7. The Morgan fingerprint density at radius 1 is 1.00 bits per heavy atom. The van der Waals surface area contributed by atoms with Gasteiger partial charge >= 0.3 is 0 Å². The number of nitrogens with two attached hydrogens (primary N) is 1.